The van der Waals surface area contributed by atoms with E-state index >= 15 is 0 Å². The Bertz CT molecular complexity index is 383. The van der Waals surface area contributed by atoms with Crippen molar-refractivity contribution in [2.45, 2.75) is 12.8 Å². The molecule has 4 heteroatoms. The molecule has 0 amide bonds. The highest BCUT2D eigenvalue weighted by Gasteiger charge is 2.18. The van der Waals surface area contributed by atoms with E-state index in [-0.39, 0.29) is 0 Å². The Morgan fingerprint density at radius 3 is 2.72 bits per heavy atom. The molecule has 1 aromatic heterocycles. The molecule has 98 valence electrons. The maximum absolute atomic E-state index is 10.6. The number of aldehydes is 1. The van der Waals surface area contributed by atoms with E-state index in [0.29, 0.717) is 5.56 Å². The number of pyridine rings is 1. The van der Waals surface area contributed by atoms with E-state index in [4.69, 9.17) is 0 Å². The van der Waals surface area contributed by atoms with Crippen LogP contribution in [0.4, 0.5) is 5.82 Å². The van der Waals surface area contributed by atoms with Crippen LogP contribution in [0.1, 0.15) is 23.2 Å². The van der Waals surface area contributed by atoms with Gasteiger partial charge in [-0.25, -0.2) is 4.98 Å². The van der Waals surface area contributed by atoms with Crippen LogP contribution >= 0.6 is 0 Å². The van der Waals surface area contributed by atoms with Gasteiger partial charge < -0.3 is 9.80 Å². The lowest BCUT2D eigenvalue weighted by Crippen LogP contribution is -2.35. The highest BCUT2D eigenvalue weighted by Crippen LogP contribution is 2.19. The number of rotatable bonds is 4. The monoisotopic (exact) mass is 247 g/mol. The topological polar surface area (TPSA) is 36.4 Å². The first kappa shape index (κ1) is 13.0. The maximum Gasteiger partial charge on any atom is 0.151 e. The molecule has 18 heavy (non-hydrogen) atoms. The molecule has 0 atom stereocenters. The third kappa shape index (κ3) is 3.29. The lowest BCUT2D eigenvalue weighted by Gasteiger charge is -2.32. The number of carbonyl (C=O) groups is 1. The molecule has 1 aliphatic rings. The highest BCUT2D eigenvalue weighted by molar-refractivity contribution is 5.74. The van der Waals surface area contributed by atoms with Gasteiger partial charge in [-0.15, -0.1) is 0 Å². The summed E-state index contributed by atoms with van der Waals surface area (Å²) in [6.45, 7) is 3.42. The zero-order chi connectivity index (χ0) is 13.0. The second-order valence-electron chi connectivity index (χ2n) is 5.19. The molecule has 1 saturated heterocycles. The summed E-state index contributed by atoms with van der Waals surface area (Å²) in [5.41, 5.74) is 0.631. The van der Waals surface area contributed by atoms with E-state index in [1.165, 1.54) is 25.9 Å². The lowest BCUT2D eigenvalue weighted by molar-refractivity contribution is 0.112. The molecule has 1 aromatic rings. The number of anilines is 1. The molecule has 0 spiro atoms. The average Bonchev–Trinajstić information content (AvgIpc) is 2.41. The van der Waals surface area contributed by atoms with E-state index in [0.717, 1.165) is 24.6 Å². The van der Waals surface area contributed by atoms with Gasteiger partial charge in [0.15, 0.2) is 6.29 Å². The fourth-order valence-corrected chi connectivity index (χ4v) is 2.42. The van der Waals surface area contributed by atoms with Gasteiger partial charge in [-0.3, -0.25) is 4.79 Å². The van der Waals surface area contributed by atoms with Crippen LogP contribution in [-0.2, 0) is 0 Å². The molecule has 0 aliphatic carbocycles. The standard InChI is InChI=1S/C14H21N3O/c1-16-7-5-12(6-8-16)10-17(2)14-4-3-13(11-18)9-15-14/h3-4,9,11-12H,5-8,10H2,1-2H3. The Balaban J connectivity index is 1.90. The predicted molar refractivity (Wildman–Crippen MR) is 73.1 cm³/mol. The van der Waals surface area contributed by atoms with Crippen LogP contribution in [0.15, 0.2) is 18.3 Å². The van der Waals surface area contributed by atoms with E-state index in [1.807, 2.05) is 12.1 Å². The van der Waals surface area contributed by atoms with Gasteiger partial charge in [0, 0.05) is 25.4 Å². The van der Waals surface area contributed by atoms with Gasteiger partial charge in [0.05, 0.1) is 0 Å². The van der Waals surface area contributed by atoms with E-state index < -0.39 is 0 Å². The summed E-state index contributed by atoms with van der Waals surface area (Å²) in [5.74, 6) is 1.69. The fourth-order valence-electron chi connectivity index (χ4n) is 2.42. The molecular weight excluding hydrogens is 226 g/mol. The quantitative estimate of drug-likeness (QED) is 0.758. The Morgan fingerprint density at radius 1 is 1.44 bits per heavy atom. The summed E-state index contributed by atoms with van der Waals surface area (Å²) in [7, 11) is 4.25. The lowest BCUT2D eigenvalue weighted by atomic mass is 9.97. The molecular formula is C14H21N3O. The number of nitrogens with zero attached hydrogens (tertiary/aromatic N) is 3. The molecule has 0 saturated carbocycles. The van der Waals surface area contributed by atoms with Gasteiger partial charge >= 0.3 is 0 Å². The summed E-state index contributed by atoms with van der Waals surface area (Å²) in [4.78, 5) is 19.5. The number of aromatic nitrogens is 1. The first-order valence-corrected chi connectivity index (χ1v) is 6.50. The molecule has 1 aliphatic heterocycles. The largest absolute Gasteiger partial charge is 0.359 e. The minimum Gasteiger partial charge on any atom is -0.359 e. The molecule has 4 nitrogen and oxygen atoms in total. The maximum atomic E-state index is 10.6. The van der Waals surface area contributed by atoms with E-state index in [9.17, 15) is 4.79 Å². The van der Waals surface area contributed by atoms with E-state index in [1.54, 1.807) is 6.20 Å². The van der Waals surface area contributed by atoms with Crippen molar-refractivity contribution < 1.29 is 4.79 Å². The number of hydrogen-bond acceptors (Lipinski definition) is 4. The van der Waals surface area contributed by atoms with Crippen molar-refractivity contribution in [3.05, 3.63) is 23.9 Å². The van der Waals surface area contributed by atoms with Crippen LogP contribution in [0, 0.1) is 5.92 Å². The van der Waals surface area contributed by atoms with Gasteiger partial charge in [0.2, 0.25) is 0 Å². The highest BCUT2D eigenvalue weighted by atomic mass is 16.1. The smallest absolute Gasteiger partial charge is 0.151 e. The summed E-state index contributed by atoms with van der Waals surface area (Å²) >= 11 is 0. The van der Waals surface area contributed by atoms with Gasteiger partial charge in [-0.05, 0) is 51.0 Å². The molecule has 0 aromatic carbocycles. The summed E-state index contributed by atoms with van der Waals surface area (Å²) in [6.07, 6.45) is 4.97. The van der Waals surface area contributed by atoms with Crippen molar-refractivity contribution in [3.63, 3.8) is 0 Å². The van der Waals surface area contributed by atoms with Crippen LogP contribution in [0.25, 0.3) is 0 Å². The third-order valence-corrected chi connectivity index (χ3v) is 3.67. The second kappa shape index (κ2) is 5.96. The average molecular weight is 247 g/mol. The van der Waals surface area contributed by atoms with Crippen molar-refractivity contribution >= 4 is 12.1 Å². The molecule has 2 heterocycles. The minimum atomic E-state index is 0.631. The van der Waals surface area contributed by atoms with Crippen LogP contribution in [0.5, 0.6) is 0 Å². The van der Waals surface area contributed by atoms with Crippen LogP contribution in [0.2, 0.25) is 0 Å². The summed E-state index contributed by atoms with van der Waals surface area (Å²) < 4.78 is 0. The molecule has 2 rings (SSSR count). The van der Waals surface area contributed by atoms with Crippen LogP contribution in [-0.4, -0.2) is 49.9 Å². The number of piperidine rings is 1. The van der Waals surface area contributed by atoms with Gasteiger partial charge in [-0.2, -0.15) is 0 Å². The fraction of sp³-hybridized carbons (Fsp3) is 0.571. The SMILES string of the molecule is CN1CCC(CN(C)c2ccc(C=O)cn2)CC1. The Hall–Kier alpha value is -1.42. The molecule has 0 unspecified atom stereocenters. The minimum absolute atomic E-state index is 0.631. The van der Waals surface area contributed by atoms with Crippen LogP contribution in [0.3, 0.4) is 0 Å². The van der Waals surface area contributed by atoms with Crippen molar-refractivity contribution in [2.24, 2.45) is 5.92 Å². The van der Waals surface area contributed by atoms with Gasteiger partial charge in [0.1, 0.15) is 5.82 Å². The molecule has 1 fully saturated rings. The van der Waals surface area contributed by atoms with Crippen molar-refractivity contribution in [1.82, 2.24) is 9.88 Å². The normalized spacial score (nSPS) is 17.7. The first-order chi connectivity index (χ1) is 8.69. The second-order valence-corrected chi connectivity index (χ2v) is 5.19. The Kier molecular flexibility index (Phi) is 4.31. The number of carbonyl (C=O) groups excluding carboxylic acids is 1. The number of likely N-dealkylation sites (tertiary alicyclic amines) is 1. The first-order valence-electron chi connectivity index (χ1n) is 6.50. The zero-order valence-electron chi connectivity index (χ0n) is 11.2. The number of hydrogen-bond donors (Lipinski definition) is 0. The van der Waals surface area contributed by atoms with Crippen molar-refractivity contribution in [2.75, 3.05) is 38.6 Å². The Morgan fingerprint density at radius 2 is 2.17 bits per heavy atom. The summed E-state index contributed by atoms with van der Waals surface area (Å²) in [6, 6.07) is 3.74. The van der Waals surface area contributed by atoms with Crippen LogP contribution < -0.4 is 4.90 Å². The molecule has 0 radical (unpaired) electrons. The summed E-state index contributed by atoms with van der Waals surface area (Å²) in [5, 5.41) is 0. The van der Waals surface area contributed by atoms with E-state index in [2.05, 4.69) is 28.9 Å². The van der Waals surface area contributed by atoms with Crippen molar-refractivity contribution in [1.29, 1.82) is 0 Å². The predicted octanol–water partition coefficient (Wildman–Crippen LogP) is 1.67. The molecule has 0 bridgehead atoms. The zero-order valence-corrected chi connectivity index (χ0v) is 11.2. The molecule has 0 N–H and O–H groups in total. The third-order valence-electron chi connectivity index (χ3n) is 3.67. The van der Waals surface area contributed by atoms with Crippen molar-refractivity contribution in [3.8, 4) is 0 Å². The Labute approximate surface area is 109 Å². The van der Waals surface area contributed by atoms with Gasteiger partial charge in [-0.1, -0.05) is 0 Å². The van der Waals surface area contributed by atoms with Gasteiger partial charge in [0.25, 0.3) is 0 Å².